The van der Waals surface area contributed by atoms with Crippen molar-refractivity contribution < 1.29 is 23.8 Å². The van der Waals surface area contributed by atoms with E-state index in [4.69, 9.17) is 14.2 Å². The van der Waals surface area contributed by atoms with Gasteiger partial charge in [-0.25, -0.2) is 0 Å². The van der Waals surface area contributed by atoms with Gasteiger partial charge in [0.15, 0.2) is 11.5 Å². The van der Waals surface area contributed by atoms with Crippen LogP contribution in [0.25, 0.3) is 0 Å². The molecule has 2 aliphatic rings. The predicted molar refractivity (Wildman–Crippen MR) is 94.8 cm³/mol. The molecule has 0 aromatic heterocycles. The predicted octanol–water partition coefficient (Wildman–Crippen LogP) is 2.48. The lowest BCUT2D eigenvalue weighted by Gasteiger charge is -2.38. The second-order valence-electron chi connectivity index (χ2n) is 6.49. The molecule has 0 bridgehead atoms. The molecular weight excluding hydrogens is 336 g/mol. The molecule has 2 aliphatic heterocycles. The van der Waals surface area contributed by atoms with E-state index in [0.29, 0.717) is 28.6 Å². The third-order valence-corrected chi connectivity index (χ3v) is 4.57. The number of fused-ring (bicyclic) bond motifs is 2. The van der Waals surface area contributed by atoms with Gasteiger partial charge in [-0.3, -0.25) is 9.59 Å². The van der Waals surface area contributed by atoms with E-state index in [1.54, 1.807) is 31.3 Å². The van der Waals surface area contributed by atoms with Crippen LogP contribution in [0.1, 0.15) is 12.5 Å². The topological polar surface area (TPSA) is 77.1 Å². The van der Waals surface area contributed by atoms with E-state index in [1.807, 2.05) is 19.1 Å². The van der Waals surface area contributed by atoms with E-state index in [1.165, 1.54) is 11.8 Å². The largest absolute Gasteiger partial charge is 0.465 e. The van der Waals surface area contributed by atoms with Crippen molar-refractivity contribution in [2.45, 2.75) is 19.4 Å². The van der Waals surface area contributed by atoms with E-state index in [0.717, 1.165) is 5.56 Å². The van der Waals surface area contributed by atoms with Crippen LogP contribution in [0.5, 0.6) is 17.2 Å². The fourth-order valence-electron chi connectivity index (χ4n) is 3.04. The van der Waals surface area contributed by atoms with E-state index < -0.39 is 17.4 Å². The molecule has 0 saturated carbocycles. The molecule has 0 spiro atoms. The van der Waals surface area contributed by atoms with Gasteiger partial charge in [0.25, 0.3) is 17.4 Å². The van der Waals surface area contributed by atoms with Gasteiger partial charge in [0.2, 0.25) is 6.79 Å². The maximum absolute atomic E-state index is 12.9. The number of hydrogen-bond donors (Lipinski definition) is 1. The minimum atomic E-state index is -1.67. The van der Waals surface area contributed by atoms with Crippen LogP contribution in [-0.2, 0) is 9.59 Å². The molecule has 0 saturated heterocycles. The highest BCUT2D eigenvalue weighted by Crippen LogP contribution is 2.39. The van der Waals surface area contributed by atoms with Crippen molar-refractivity contribution >= 4 is 23.2 Å². The lowest BCUT2D eigenvalue weighted by molar-refractivity contribution is -0.144. The van der Waals surface area contributed by atoms with Crippen LogP contribution >= 0.6 is 0 Å². The molecule has 0 fully saturated rings. The Hall–Kier alpha value is -3.22. The van der Waals surface area contributed by atoms with E-state index in [9.17, 15) is 9.59 Å². The zero-order valence-electron chi connectivity index (χ0n) is 14.7. The number of amides is 2. The average molecular weight is 354 g/mol. The van der Waals surface area contributed by atoms with Crippen LogP contribution in [0, 0.1) is 6.92 Å². The van der Waals surface area contributed by atoms with Crippen molar-refractivity contribution in [3.8, 4) is 17.2 Å². The maximum Gasteiger partial charge on any atom is 0.280 e. The monoisotopic (exact) mass is 354 g/mol. The first-order valence-electron chi connectivity index (χ1n) is 8.17. The quantitative estimate of drug-likeness (QED) is 0.839. The number of carbonyl (C=O) groups is 2. The van der Waals surface area contributed by atoms with Gasteiger partial charge in [0.1, 0.15) is 5.75 Å². The van der Waals surface area contributed by atoms with Crippen LogP contribution in [0.4, 0.5) is 11.4 Å². The fourth-order valence-corrected chi connectivity index (χ4v) is 3.04. The molecular formula is C19H18N2O5. The van der Waals surface area contributed by atoms with Crippen molar-refractivity contribution in [2.24, 2.45) is 0 Å². The Kier molecular flexibility index (Phi) is 3.54. The van der Waals surface area contributed by atoms with E-state index in [-0.39, 0.29) is 6.79 Å². The van der Waals surface area contributed by atoms with Crippen LogP contribution < -0.4 is 24.4 Å². The normalized spacial score (nSPS) is 20.4. The molecule has 2 amide bonds. The zero-order valence-corrected chi connectivity index (χ0v) is 14.7. The van der Waals surface area contributed by atoms with Gasteiger partial charge in [0.05, 0.1) is 5.69 Å². The average Bonchev–Trinajstić information content (AvgIpc) is 3.08. The lowest BCUT2D eigenvalue weighted by Crippen LogP contribution is -2.59. The highest BCUT2D eigenvalue weighted by Gasteiger charge is 2.49. The van der Waals surface area contributed by atoms with Crippen LogP contribution in [0.2, 0.25) is 0 Å². The Labute approximate surface area is 150 Å². The smallest absolute Gasteiger partial charge is 0.280 e. The number of carbonyl (C=O) groups excluding carboxylic acids is 2. The van der Waals surface area contributed by atoms with Gasteiger partial charge in [-0.2, -0.15) is 0 Å². The van der Waals surface area contributed by atoms with Crippen molar-refractivity contribution in [2.75, 3.05) is 24.1 Å². The molecule has 4 rings (SSSR count). The number of nitrogens with one attached hydrogen (secondary N) is 1. The molecule has 7 heteroatoms. The molecule has 2 heterocycles. The zero-order chi connectivity index (χ0) is 18.5. The summed E-state index contributed by atoms with van der Waals surface area (Å²) in [7, 11) is 1.63. The van der Waals surface area contributed by atoms with Crippen LogP contribution in [-0.4, -0.2) is 31.3 Å². The number of ether oxygens (including phenoxy) is 3. The summed E-state index contributed by atoms with van der Waals surface area (Å²) in [5, 5.41) is 2.73. The van der Waals surface area contributed by atoms with Crippen molar-refractivity contribution in [3.63, 3.8) is 0 Å². The molecule has 7 nitrogen and oxygen atoms in total. The molecule has 0 aliphatic carbocycles. The van der Waals surface area contributed by atoms with Crippen molar-refractivity contribution in [1.29, 1.82) is 0 Å². The van der Waals surface area contributed by atoms with Gasteiger partial charge < -0.3 is 24.4 Å². The van der Waals surface area contributed by atoms with Gasteiger partial charge in [-0.1, -0.05) is 6.07 Å². The number of rotatable bonds is 2. The summed E-state index contributed by atoms with van der Waals surface area (Å²) in [6.45, 7) is 3.54. The lowest BCUT2D eigenvalue weighted by atomic mass is 9.99. The third-order valence-electron chi connectivity index (χ3n) is 4.57. The Morgan fingerprint density at radius 2 is 1.85 bits per heavy atom. The summed E-state index contributed by atoms with van der Waals surface area (Å²) in [6.07, 6.45) is 0. The van der Waals surface area contributed by atoms with E-state index in [2.05, 4.69) is 5.32 Å². The number of nitrogens with zero attached hydrogens (tertiary/aromatic N) is 1. The number of likely N-dealkylation sites (N-methyl/N-ethyl adjacent to an activating group) is 1. The Bertz CT molecular complexity index is 926. The minimum absolute atomic E-state index is 0.146. The first-order chi connectivity index (χ1) is 12.4. The van der Waals surface area contributed by atoms with E-state index >= 15 is 0 Å². The summed E-state index contributed by atoms with van der Waals surface area (Å²) >= 11 is 0. The van der Waals surface area contributed by atoms with Crippen molar-refractivity contribution in [1.82, 2.24) is 0 Å². The number of benzene rings is 2. The van der Waals surface area contributed by atoms with Gasteiger partial charge in [-0.05, 0) is 43.7 Å². The second kappa shape index (κ2) is 5.66. The first-order valence-corrected chi connectivity index (χ1v) is 8.17. The van der Waals surface area contributed by atoms with Crippen molar-refractivity contribution in [3.05, 3.63) is 42.0 Å². The summed E-state index contributed by atoms with van der Waals surface area (Å²) in [5.41, 5.74) is 0.464. The Morgan fingerprint density at radius 1 is 1.12 bits per heavy atom. The number of aryl methyl sites for hydroxylation is 1. The Morgan fingerprint density at radius 3 is 2.65 bits per heavy atom. The van der Waals surface area contributed by atoms with Crippen LogP contribution in [0.15, 0.2) is 36.4 Å². The summed E-state index contributed by atoms with van der Waals surface area (Å²) < 4.78 is 16.4. The fraction of sp³-hybridized carbons (Fsp3) is 0.263. The minimum Gasteiger partial charge on any atom is -0.465 e. The summed E-state index contributed by atoms with van der Waals surface area (Å²) in [4.78, 5) is 27.2. The maximum atomic E-state index is 12.9. The second-order valence-corrected chi connectivity index (χ2v) is 6.49. The standard InChI is InChI=1S/C19H18N2O5/c1-11-4-6-14-13(8-11)21(3)18(23)19(2,26-14)17(22)20-12-5-7-15-16(9-12)25-10-24-15/h4-9H,10H2,1-3H3,(H,20,22). The van der Waals surface area contributed by atoms with Crippen LogP contribution in [0.3, 0.4) is 0 Å². The molecule has 0 radical (unpaired) electrons. The molecule has 2 aromatic rings. The number of hydrogen-bond acceptors (Lipinski definition) is 5. The highest BCUT2D eigenvalue weighted by molar-refractivity contribution is 6.19. The molecule has 1 atom stereocenters. The summed E-state index contributed by atoms with van der Waals surface area (Å²) in [5.74, 6) is 0.652. The first kappa shape index (κ1) is 16.3. The number of anilines is 2. The SMILES string of the molecule is Cc1ccc2c(c1)N(C)C(=O)C(C)(C(=O)Nc1ccc3c(c1)OCO3)O2. The molecule has 26 heavy (non-hydrogen) atoms. The highest BCUT2D eigenvalue weighted by atomic mass is 16.7. The van der Waals surface area contributed by atoms with Gasteiger partial charge >= 0.3 is 0 Å². The molecule has 2 aromatic carbocycles. The molecule has 134 valence electrons. The Balaban J connectivity index is 1.62. The molecule has 1 N–H and O–H groups in total. The molecule has 1 unspecified atom stereocenters. The summed E-state index contributed by atoms with van der Waals surface area (Å²) in [6, 6.07) is 10.5. The third kappa shape index (κ3) is 2.44. The van der Waals surface area contributed by atoms with Gasteiger partial charge in [-0.15, -0.1) is 0 Å². The van der Waals surface area contributed by atoms with Gasteiger partial charge in [0, 0.05) is 18.8 Å².